The van der Waals surface area contributed by atoms with Crippen molar-refractivity contribution in [2.24, 2.45) is 5.10 Å². The van der Waals surface area contributed by atoms with Gasteiger partial charge in [-0.1, -0.05) is 0 Å². The van der Waals surface area contributed by atoms with E-state index in [1.807, 2.05) is 6.92 Å². The number of carbonyl (C=O) groups is 1. The Morgan fingerprint density at radius 3 is 2.88 bits per heavy atom. The van der Waals surface area contributed by atoms with Gasteiger partial charge in [0.15, 0.2) is 16.6 Å². The number of thiocarbonyl (C=S) groups is 1. The summed E-state index contributed by atoms with van der Waals surface area (Å²) < 4.78 is 15.5. The van der Waals surface area contributed by atoms with Gasteiger partial charge >= 0.3 is 5.97 Å². The van der Waals surface area contributed by atoms with Crippen LogP contribution in [0.2, 0.25) is 0 Å². The third-order valence-corrected chi connectivity index (χ3v) is 3.07. The molecule has 0 unspecified atom stereocenters. The van der Waals surface area contributed by atoms with E-state index in [2.05, 4.69) is 15.8 Å². The summed E-state index contributed by atoms with van der Waals surface area (Å²) in [7, 11) is 1.49. The summed E-state index contributed by atoms with van der Waals surface area (Å²) in [5, 5.41) is 7.36. The van der Waals surface area contributed by atoms with Crippen molar-refractivity contribution < 1.29 is 18.7 Å². The quantitative estimate of drug-likeness (QED) is 0.273. The molecule has 0 amide bonds. The first-order valence-electron chi connectivity index (χ1n) is 7.14. The molecule has 0 aliphatic rings. The van der Waals surface area contributed by atoms with Crippen molar-refractivity contribution in [3.63, 3.8) is 0 Å². The molecule has 0 radical (unpaired) electrons. The van der Waals surface area contributed by atoms with Gasteiger partial charge in [-0.15, -0.1) is 0 Å². The zero-order chi connectivity index (χ0) is 17.4. The van der Waals surface area contributed by atoms with Crippen molar-refractivity contribution in [3.8, 4) is 11.5 Å². The summed E-state index contributed by atoms with van der Waals surface area (Å²) in [5.74, 6) is 0.196. The van der Waals surface area contributed by atoms with Crippen molar-refractivity contribution in [3.05, 3.63) is 47.9 Å². The summed E-state index contributed by atoms with van der Waals surface area (Å²) in [4.78, 5) is 11.9. The smallest absolute Gasteiger partial charge is 0.379 e. The van der Waals surface area contributed by atoms with Crippen LogP contribution in [0, 0.1) is 0 Å². The van der Waals surface area contributed by atoms with Crippen LogP contribution in [0.15, 0.2) is 46.1 Å². The molecule has 1 aromatic heterocycles. The molecule has 2 aromatic rings. The van der Waals surface area contributed by atoms with Gasteiger partial charge in [0.2, 0.25) is 5.76 Å². The number of methoxy groups -OCH3 is 1. The number of esters is 1. The second-order valence-electron chi connectivity index (χ2n) is 4.51. The van der Waals surface area contributed by atoms with Crippen molar-refractivity contribution in [1.82, 2.24) is 10.7 Å². The van der Waals surface area contributed by atoms with E-state index in [1.165, 1.54) is 19.4 Å². The molecular formula is C16H17N3O4S. The van der Waals surface area contributed by atoms with Crippen LogP contribution < -0.4 is 20.2 Å². The Balaban J connectivity index is 2.05. The number of hydrazone groups is 1. The number of nitrogens with zero attached hydrogens (tertiary/aromatic N) is 1. The van der Waals surface area contributed by atoms with Gasteiger partial charge in [0.25, 0.3) is 0 Å². The average molecular weight is 347 g/mol. The first kappa shape index (κ1) is 17.5. The van der Waals surface area contributed by atoms with E-state index in [0.29, 0.717) is 17.4 Å². The molecule has 126 valence electrons. The minimum Gasteiger partial charge on any atom is -0.493 e. The van der Waals surface area contributed by atoms with Gasteiger partial charge in [-0.3, -0.25) is 5.43 Å². The third kappa shape index (κ3) is 4.82. The third-order valence-electron chi connectivity index (χ3n) is 2.83. The fourth-order valence-electron chi connectivity index (χ4n) is 1.76. The molecule has 1 aromatic carbocycles. The molecular weight excluding hydrogens is 330 g/mol. The van der Waals surface area contributed by atoms with Crippen molar-refractivity contribution in [1.29, 1.82) is 0 Å². The lowest BCUT2D eigenvalue weighted by molar-refractivity contribution is 0.0696. The molecule has 0 saturated carbocycles. The number of hydrogen-bond donors (Lipinski definition) is 2. The fraction of sp³-hybridized carbons (Fsp3) is 0.188. The minimum atomic E-state index is -0.600. The number of furan rings is 1. The van der Waals surface area contributed by atoms with Crippen LogP contribution in [0.5, 0.6) is 11.5 Å². The highest BCUT2D eigenvalue weighted by molar-refractivity contribution is 7.80. The lowest BCUT2D eigenvalue weighted by Gasteiger charge is -2.09. The number of carbonyl (C=O) groups excluding carboxylic acids is 1. The van der Waals surface area contributed by atoms with Crippen LogP contribution in [-0.2, 0) is 0 Å². The van der Waals surface area contributed by atoms with Crippen LogP contribution in [0.25, 0.3) is 0 Å². The molecule has 7 nitrogen and oxygen atoms in total. The first-order valence-corrected chi connectivity index (χ1v) is 7.55. The highest BCUT2D eigenvalue weighted by Crippen LogP contribution is 2.28. The Bertz CT molecular complexity index is 729. The minimum absolute atomic E-state index is 0.115. The number of hydrogen-bond acceptors (Lipinski definition) is 6. The fourth-order valence-corrected chi connectivity index (χ4v) is 1.96. The van der Waals surface area contributed by atoms with Gasteiger partial charge in [0.1, 0.15) is 0 Å². The molecule has 8 heteroatoms. The maximum absolute atomic E-state index is 11.9. The molecule has 0 bridgehead atoms. The number of benzene rings is 1. The lowest BCUT2D eigenvalue weighted by atomic mass is 10.2. The van der Waals surface area contributed by atoms with Crippen LogP contribution >= 0.6 is 12.2 Å². The molecule has 0 spiro atoms. The topological polar surface area (TPSA) is 85.1 Å². The van der Waals surface area contributed by atoms with Crippen molar-refractivity contribution in [2.75, 3.05) is 13.7 Å². The van der Waals surface area contributed by atoms with E-state index >= 15 is 0 Å². The van der Waals surface area contributed by atoms with E-state index < -0.39 is 5.97 Å². The molecule has 24 heavy (non-hydrogen) atoms. The summed E-state index contributed by atoms with van der Waals surface area (Å²) in [6, 6.07) is 8.16. The molecule has 2 N–H and O–H groups in total. The van der Waals surface area contributed by atoms with Gasteiger partial charge < -0.3 is 19.2 Å². The second-order valence-corrected chi connectivity index (χ2v) is 4.91. The molecule has 0 atom stereocenters. The first-order chi connectivity index (χ1) is 11.6. The SMILES string of the molecule is CCNC(=S)NN=Cc1ccc(OC(=O)c2ccco2)c(OC)c1. The van der Waals surface area contributed by atoms with E-state index in [0.717, 1.165) is 5.56 Å². The van der Waals surface area contributed by atoms with Crippen LogP contribution in [-0.4, -0.2) is 31.0 Å². The zero-order valence-corrected chi connectivity index (χ0v) is 14.1. The van der Waals surface area contributed by atoms with Gasteiger partial charge in [0, 0.05) is 6.54 Å². The Hall–Kier alpha value is -2.87. The summed E-state index contributed by atoms with van der Waals surface area (Å²) in [6.07, 6.45) is 2.97. The number of ether oxygens (including phenoxy) is 2. The highest BCUT2D eigenvalue weighted by Gasteiger charge is 2.14. The predicted molar refractivity (Wildman–Crippen MR) is 93.7 cm³/mol. The average Bonchev–Trinajstić information content (AvgIpc) is 3.11. The molecule has 0 aliphatic heterocycles. The predicted octanol–water partition coefficient (Wildman–Crippen LogP) is 2.33. The molecule has 2 rings (SSSR count). The van der Waals surface area contributed by atoms with Gasteiger partial charge in [0.05, 0.1) is 19.6 Å². The monoisotopic (exact) mass is 347 g/mol. The Morgan fingerprint density at radius 1 is 1.38 bits per heavy atom. The van der Waals surface area contributed by atoms with Crippen LogP contribution in [0.3, 0.4) is 0 Å². The van der Waals surface area contributed by atoms with Crippen molar-refractivity contribution >= 4 is 29.5 Å². The second kappa shape index (κ2) is 8.68. The summed E-state index contributed by atoms with van der Waals surface area (Å²) in [5.41, 5.74) is 3.43. The Morgan fingerprint density at radius 2 is 2.21 bits per heavy atom. The summed E-state index contributed by atoms with van der Waals surface area (Å²) >= 11 is 5.00. The van der Waals surface area contributed by atoms with E-state index in [1.54, 1.807) is 30.5 Å². The Kier molecular flexibility index (Phi) is 6.32. The molecule has 0 fully saturated rings. The number of rotatable bonds is 6. The Labute approximate surface area is 144 Å². The lowest BCUT2D eigenvalue weighted by Crippen LogP contribution is -2.31. The van der Waals surface area contributed by atoms with Gasteiger partial charge in [-0.05, 0) is 55.0 Å². The van der Waals surface area contributed by atoms with Crippen molar-refractivity contribution in [2.45, 2.75) is 6.92 Å². The van der Waals surface area contributed by atoms with Crippen LogP contribution in [0.1, 0.15) is 23.0 Å². The van der Waals surface area contributed by atoms with E-state index in [9.17, 15) is 4.79 Å². The van der Waals surface area contributed by atoms with Gasteiger partial charge in [-0.25, -0.2) is 4.79 Å². The van der Waals surface area contributed by atoms with E-state index in [-0.39, 0.29) is 11.5 Å². The zero-order valence-electron chi connectivity index (χ0n) is 13.2. The standard InChI is InChI=1S/C16H17N3O4S/c1-3-17-16(24)19-18-10-11-6-7-12(14(9-11)21-2)23-15(20)13-5-4-8-22-13/h4-10H,3H2,1-2H3,(H2,17,19,24). The van der Waals surface area contributed by atoms with Gasteiger partial charge in [-0.2, -0.15) is 5.10 Å². The normalized spacial score (nSPS) is 10.4. The van der Waals surface area contributed by atoms with Crippen LogP contribution in [0.4, 0.5) is 0 Å². The molecule has 1 heterocycles. The maximum Gasteiger partial charge on any atom is 0.379 e. The largest absolute Gasteiger partial charge is 0.493 e. The molecule has 0 saturated heterocycles. The highest BCUT2D eigenvalue weighted by atomic mass is 32.1. The summed E-state index contributed by atoms with van der Waals surface area (Å²) in [6.45, 7) is 2.65. The number of nitrogens with one attached hydrogen (secondary N) is 2. The maximum atomic E-state index is 11.9. The van der Waals surface area contributed by atoms with E-state index in [4.69, 9.17) is 26.1 Å². The molecule has 0 aliphatic carbocycles.